The Morgan fingerprint density at radius 1 is 1.53 bits per heavy atom. The van der Waals surface area contributed by atoms with Crippen molar-refractivity contribution >= 4 is 6.09 Å². The number of hydrogen-bond donors (Lipinski definition) is 1. The lowest BCUT2D eigenvalue weighted by Gasteiger charge is -2.45. The van der Waals surface area contributed by atoms with Crippen molar-refractivity contribution in [1.82, 2.24) is 10.2 Å². The molecule has 0 unspecified atom stereocenters. The molecule has 1 fully saturated rings. The average molecular weight is 239 g/mol. The minimum absolute atomic E-state index is 0.346. The van der Waals surface area contributed by atoms with E-state index in [0.717, 1.165) is 13.0 Å². The van der Waals surface area contributed by atoms with Crippen molar-refractivity contribution < 1.29 is 9.53 Å². The molecule has 1 N–H and O–H groups in total. The minimum Gasteiger partial charge on any atom is -0.444 e. The first-order chi connectivity index (χ1) is 7.82. The van der Waals surface area contributed by atoms with Gasteiger partial charge in [-0.2, -0.15) is 5.26 Å². The van der Waals surface area contributed by atoms with Gasteiger partial charge in [-0.25, -0.2) is 4.79 Å². The standard InChI is InChI=1S/C12H21N3O2/c1-5-6-14-12(7-13)8-15(9-12)10(16)17-11(2,3)4/h14H,5-6,8-9H2,1-4H3. The molecule has 0 aromatic carbocycles. The zero-order valence-corrected chi connectivity index (χ0v) is 11.0. The van der Waals surface area contributed by atoms with Crippen LogP contribution in [0.4, 0.5) is 4.79 Å². The summed E-state index contributed by atoms with van der Waals surface area (Å²) in [6.45, 7) is 9.13. The van der Waals surface area contributed by atoms with Crippen molar-refractivity contribution in [2.24, 2.45) is 0 Å². The van der Waals surface area contributed by atoms with Crippen LogP contribution in [0.2, 0.25) is 0 Å². The summed E-state index contributed by atoms with van der Waals surface area (Å²) in [5.41, 5.74) is -1.06. The molecule has 0 atom stereocenters. The first-order valence-corrected chi connectivity index (χ1v) is 5.96. The second-order valence-electron chi connectivity index (χ2n) is 5.46. The van der Waals surface area contributed by atoms with Crippen molar-refractivity contribution in [3.63, 3.8) is 0 Å². The SMILES string of the molecule is CCCNC1(C#N)CN(C(=O)OC(C)(C)C)C1. The Bertz CT molecular complexity index is 322. The molecule has 96 valence electrons. The Labute approximate surface area is 103 Å². The van der Waals surface area contributed by atoms with E-state index < -0.39 is 11.1 Å². The number of amides is 1. The Hall–Kier alpha value is -1.28. The fourth-order valence-electron chi connectivity index (χ4n) is 1.65. The third-order valence-electron chi connectivity index (χ3n) is 2.50. The number of rotatable bonds is 3. The van der Waals surface area contributed by atoms with Gasteiger partial charge in [-0.1, -0.05) is 6.92 Å². The number of hydrogen-bond acceptors (Lipinski definition) is 4. The summed E-state index contributed by atoms with van der Waals surface area (Å²) in [6.07, 6.45) is 0.622. The number of carbonyl (C=O) groups excluding carboxylic acids is 1. The maximum Gasteiger partial charge on any atom is 0.410 e. The summed E-state index contributed by atoms with van der Waals surface area (Å²) in [5, 5.41) is 12.3. The van der Waals surface area contributed by atoms with E-state index in [1.54, 1.807) is 4.90 Å². The van der Waals surface area contributed by atoms with Crippen molar-refractivity contribution in [3.05, 3.63) is 0 Å². The molecule has 1 rings (SSSR count). The molecule has 1 aliphatic heterocycles. The molecular formula is C12H21N3O2. The summed E-state index contributed by atoms with van der Waals surface area (Å²) in [6, 6.07) is 2.24. The molecule has 0 aromatic rings. The third-order valence-corrected chi connectivity index (χ3v) is 2.50. The Morgan fingerprint density at radius 2 is 2.12 bits per heavy atom. The van der Waals surface area contributed by atoms with Crippen LogP contribution in [0.1, 0.15) is 34.1 Å². The van der Waals surface area contributed by atoms with Gasteiger partial charge in [-0.05, 0) is 33.7 Å². The zero-order chi connectivity index (χ0) is 13.1. The first-order valence-electron chi connectivity index (χ1n) is 5.96. The molecule has 0 saturated carbocycles. The second-order valence-corrected chi connectivity index (χ2v) is 5.46. The van der Waals surface area contributed by atoms with E-state index in [0.29, 0.717) is 13.1 Å². The number of nitrogens with zero attached hydrogens (tertiary/aromatic N) is 2. The fourth-order valence-corrected chi connectivity index (χ4v) is 1.65. The van der Waals surface area contributed by atoms with Crippen LogP contribution in [0.15, 0.2) is 0 Å². The normalized spacial score (nSPS) is 18.2. The minimum atomic E-state index is -0.576. The van der Waals surface area contributed by atoms with Gasteiger partial charge in [0.2, 0.25) is 0 Å². The number of nitriles is 1. The maximum atomic E-state index is 11.7. The largest absolute Gasteiger partial charge is 0.444 e. The van der Waals surface area contributed by atoms with Gasteiger partial charge in [0.25, 0.3) is 0 Å². The van der Waals surface area contributed by atoms with Gasteiger partial charge in [0, 0.05) is 0 Å². The van der Waals surface area contributed by atoms with E-state index in [1.165, 1.54) is 0 Å². The highest BCUT2D eigenvalue weighted by molar-refractivity contribution is 5.70. The van der Waals surface area contributed by atoms with Gasteiger partial charge in [-0.3, -0.25) is 5.32 Å². The molecule has 1 amide bonds. The maximum absolute atomic E-state index is 11.7. The molecule has 1 saturated heterocycles. The Kier molecular flexibility index (Phi) is 3.99. The average Bonchev–Trinajstić information content (AvgIpc) is 2.14. The molecule has 0 aliphatic carbocycles. The molecule has 1 heterocycles. The van der Waals surface area contributed by atoms with Gasteiger partial charge < -0.3 is 9.64 Å². The first kappa shape index (κ1) is 13.8. The molecule has 0 bridgehead atoms. The Morgan fingerprint density at radius 3 is 2.53 bits per heavy atom. The van der Waals surface area contributed by atoms with Crippen LogP contribution in [0.3, 0.4) is 0 Å². The van der Waals surface area contributed by atoms with Crippen LogP contribution >= 0.6 is 0 Å². The quantitative estimate of drug-likeness (QED) is 0.810. The topological polar surface area (TPSA) is 65.4 Å². The van der Waals surface area contributed by atoms with E-state index in [2.05, 4.69) is 11.4 Å². The van der Waals surface area contributed by atoms with Crippen LogP contribution < -0.4 is 5.32 Å². The lowest BCUT2D eigenvalue weighted by Crippen LogP contribution is -2.70. The van der Waals surface area contributed by atoms with E-state index >= 15 is 0 Å². The van der Waals surface area contributed by atoms with Gasteiger partial charge in [-0.15, -0.1) is 0 Å². The van der Waals surface area contributed by atoms with Crippen LogP contribution in [0, 0.1) is 11.3 Å². The van der Waals surface area contributed by atoms with Gasteiger partial charge in [0.1, 0.15) is 11.1 Å². The van der Waals surface area contributed by atoms with Crippen molar-refractivity contribution in [2.45, 2.75) is 45.3 Å². The smallest absolute Gasteiger partial charge is 0.410 e. The van der Waals surface area contributed by atoms with Gasteiger partial charge in [0.05, 0.1) is 19.2 Å². The van der Waals surface area contributed by atoms with E-state index in [-0.39, 0.29) is 6.09 Å². The van der Waals surface area contributed by atoms with Crippen LogP contribution in [-0.2, 0) is 4.74 Å². The van der Waals surface area contributed by atoms with Crippen LogP contribution in [0.25, 0.3) is 0 Å². The van der Waals surface area contributed by atoms with Crippen molar-refractivity contribution in [2.75, 3.05) is 19.6 Å². The molecule has 5 heteroatoms. The second kappa shape index (κ2) is 4.92. The molecule has 0 aromatic heterocycles. The van der Waals surface area contributed by atoms with E-state index in [1.807, 2.05) is 27.7 Å². The van der Waals surface area contributed by atoms with Gasteiger partial charge >= 0.3 is 6.09 Å². The third kappa shape index (κ3) is 3.60. The molecule has 17 heavy (non-hydrogen) atoms. The highest BCUT2D eigenvalue weighted by Gasteiger charge is 2.46. The summed E-state index contributed by atoms with van der Waals surface area (Å²) < 4.78 is 5.23. The molecule has 0 spiro atoms. The van der Waals surface area contributed by atoms with E-state index in [9.17, 15) is 4.79 Å². The fraction of sp³-hybridized carbons (Fsp3) is 0.833. The number of ether oxygens (including phenoxy) is 1. The zero-order valence-electron chi connectivity index (χ0n) is 11.0. The lowest BCUT2D eigenvalue weighted by molar-refractivity contribution is -0.00480. The molecule has 0 radical (unpaired) electrons. The monoisotopic (exact) mass is 239 g/mol. The summed E-state index contributed by atoms with van der Waals surface area (Å²) in [4.78, 5) is 13.2. The lowest BCUT2D eigenvalue weighted by atomic mass is 9.92. The Balaban J connectivity index is 2.44. The summed E-state index contributed by atoms with van der Waals surface area (Å²) in [5.74, 6) is 0. The molecule has 1 aliphatic rings. The number of likely N-dealkylation sites (tertiary alicyclic amines) is 1. The highest BCUT2D eigenvalue weighted by atomic mass is 16.6. The predicted molar refractivity (Wildman–Crippen MR) is 64.4 cm³/mol. The summed E-state index contributed by atoms with van der Waals surface area (Å²) in [7, 11) is 0. The molecular weight excluding hydrogens is 218 g/mol. The number of nitrogens with one attached hydrogen (secondary N) is 1. The van der Waals surface area contributed by atoms with Crippen LogP contribution in [0.5, 0.6) is 0 Å². The highest BCUT2D eigenvalue weighted by Crippen LogP contribution is 2.22. The predicted octanol–water partition coefficient (Wildman–Crippen LogP) is 1.50. The van der Waals surface area contributed by atoms with E-state index in [4.69, 9.17) is 10.00 Å². The van der Waals surface area contributed by atoms with Crippen molar-refractivity contribution in [3.8, 4) is 6.07 Å². The van der Waals surface area contributed by atoms with Crippen molar-refractivity contribution in [1.29, 1.82) is 5.26 Å². The number of carbonyl (C=O) groups is 1. The summed E-state index contributed by atoms with van der Waals surface area (Å²) >= 11 is 0. The van der Waals surface area contributed by atoms with Gasteiger partial charge in [0.15, 0.2) is 0 Å². The molecule has 5 nitrogen and oxygen atoms in total. The van der Waals surface area contributed by atoms with Crippen LogP contribution in [-0.4, -0.2) is 41.8 Å².